The zero-order chi connectivity index (χ0) is 17.4. The van der Waals surface area contributed by atoms with Crippen LogP contribution in [0.1, 0.15) is 0 Å². The van der Waals surface area contributed by atoms with Crippen LogP contribution >= 0.6 is 10.0 Å². The Morgan fingerprint density at radius 3 is 2.75 bits per heavy atom. The third-order valence-electron chi connectivity index (χ3n) is 3.79. The second-order valence-electron chi connectivity index (χ2n) is 5.42. The molecule has 24 heavy (non-hydrogen) atoms. The monoisotopic (exact) mass is 368 g/mol. The second-order valence-corrected chi connectivity index (χ2v) is 8.33. The molecule has 1 spiro atoms. The number of aliphatic imine (C=N–C) groups is 1. The van der Waals surface area contributed by atoms with Gasteiger partial charge in [-0.15, -0.1) is 0 Å². The van der Waals surface area contributed by atoms with Crippen molar-refractivity contribution in [3.8, 4) is 0 Å². The van der Waals surface area contributed by atoms with E-state index in [1.54, 1.807) is 0 Å². The van der Waals surface area contributed by atoms with Crippen LogP contribution in [0, 0.1) is 10.1 Å². The lowest BCUT2D eigenvalue weighted by Crippen LogP contribution is -2.58. The van der Waals surface area contributed by atoms with Gasteiger partial charge in [0.05, 0.1) is 42.7 Å². The van der Waals surface area contributed by atoms with Crippen LogP contribution in [0.5, 0.6) is 0 Å². The summed E-state index contributed by atoms with van der Waals surface area (Å²) in [4.78, 5) is 14.9. The maximum Gasteiger partial charge on any atom is 0.435 e. The van der Waals surface area contributed by atoms with Gasteiger partial charge < -0.3 is 19.7 Å². The standard InChI is InChI=1S/C12H15F3N4O4S/c13-12(14,15)24(4-1-16-8-24)9-18-7-11(22-2-3-23-11)6-17-10(18)5-19(20)21/h1,4-5,8,17H,2-3,6-7,9H2/b10-5+. The largest absolute Gasteiger partial charge is 0.435 e. The number of nitrogens with zero attached hydrogens (tertiary/aromatic N) is 3. The van der Waals surface area contributed by atoms with Crippen molar-refractivity contribution in [2.75, 3.05) is 32.2 Å². The summed E-state index contributed by atoms with van der Waals surface area (Å²) in [5, 5.41) is 14.6. The normalized spacial score (nSPS) is 33.0. The third-order valence-corrected chi connectivity index (χ3v) is 6.50. The molecule has 3 rings (SSSR count). The average molecular weight is 368 g/mol. The van der Waals surface area contributed by atoms with Crippen LogP contribution in [0.2, 0.25) is 0 Å². The molecule has 2 saturated heterocycles. The smallest absolute Gasteiger partial charge is 0.361 e. The Labute approximate surface area is 136 Å². The van der Waals surface area contributed by atoms with Crippen molar-refractivity contribution in [2.45, 2.75) is 11.3 Å². The van der Waals surface area contributed by atoms with Crippen LogP contribution < -0.4 is 5.32 Å². The van der Waals surface area contributed by atoms with E-state index < -0.39 is 32.1 Å². The predicted octanol–water partition coefficient (Wildman–Crippen LogP) is 1.51. The van der Waals surface area contributed by atoms with E-state index in [0.29, 0.717) is 19.4 Å². The van der Waals surface area contributed by atoms with Crippen LogP contribution in [-0.4, -0.2) is 58.8 Å². The van der Waals surface area contributed by atoms with E-state index >= 15 is 0 Å². The minimum Gasteiger partial charge on any atom is -0.361 e. The summed E-state index contributed by atoms with van der Waals surface area (Å²) in [5.41, 5.74) is -3.63. The fraction of sp³-hybridized carbons (Fsp3) is 0.583. The van der Waals surface area contributed by atoms with Crippen LogP contribution in [0.3, 0.4) is 0 Å². The molecule has 3 heterocycles. The molecule has 0 aromatic carbocycles. The molecular formula is C12H15F3N4O4S. The molecule has 0 bridgehead atoms. The van der Waals surface area contributed by atoms with Crippen molar-refractivity contribution in [2.24, 2.45) is 4.99 Å². The Morgan fingerprint density at radius 2 is 2.21 bits per heavy atom. The minimum absolute atomic E-state index is 0.00505. The van der Waals surface area contributed by atoms with Crippen LogP contribution in [0.4, 0.5) is 13.2 Å². The van der Waals surface area contributed by atoms with Crippen molar-refractivity contribution < 1.29 is 27.6 Å². The van der Waals surface area contributed by atoms with Gasteiger partial charge in [0.25, 0.3) is 6.20 Å². The molecule has 0 saturated carbocycles. The summed E-state index contributed by atoms with van der Waals surface area (Å²) in [6.45, 7) is 0.735. The maximum absolute atomic E-state index is 13.6. The first kappa shape index (κ1) is 17.0. The maximum atomic E-state index is 13.6. The van der Waals surface area contributed by atoms with Crippen molar-refractivity contribution in [1.29, 1.82) is 0 Å². The quantitative estimate of drug-likeness (QED) is 0.600. The summed E-state index contributed by atoms with van der Waals surface area (Å²) < 4.78 is 51.7. The molecule has 0 aromatic rings. The summed E-state index contributed by atoms with van der Waals surface area (Å²) in [7, 11) is -3.35. The SMILES string of the molecule is O=[N+]([O-])/C=C1\NCC2(CN1CS1(C(F)(F)F)C=CN=C1)OCCO2. The molecule has 0 aliphatic carbocycles. The highest BCUT2D eigenvalue weighted by Gasteiger charge is 2.52. The molecule has 134 valence electrons. The molecule has 8 nitrogen and oxygen atoms in total. The number of rotatable bonds is 3. The average Bonchev–Trinajstić information content (AvgIpc) is 3.12. The molecule has 3 aliphatic rings. The molecular weight excluding hydrogens is 353 g/mol. The van der Waals surface area contributed by atoms with Gasteiger partial charge in [-0.1, -0.05) is 10.0 Å². The highest BCUT2D eigenvalue weighted by atomic mass is 32.3. The van der Waals surface area contributed by atoms with Crippen LogP contribution in [-0.2, 0) is 9.47 Å². The lowest BCUT2D eigenvalue weighted by molar-refractivity contribution is -0.405. The zero-order valence-corrected chi connectivity index (χ0v) is 13.2. The molecule has 1 unspecified atom stereocenters. The first-order valence-electron chi connectivity index (χ1n) is 6.95. The molecule has 3 aliphatic heterocycles. The lowest BCUT2D eigenvalue weighted by atomic mass is 10.2. The molecule has 2 fully saturated rings. The molecule has 0 radical (unpaired) electrons. The summed E-state index contributed by atoms with van der Waals surface area (Å²) >= 11 is 0. The zero-order valence-electron chi connectivity index (χ0n) is 12.4. The van der Waals surface area contributed by atoms with Gasteiger partial charge in [-0.25, -0.2) is 0 Å². The fourth-order valence-electron chi connectivity index (χ4n) is 2.67. The van der Waals surface area contributed by atoms with E-state index in [1.807, 2.05) is 0 Å². The number of hydrogen-bond donors (Lipinski definition) is 1. The Hall–Kier alpha value is -1.79. The van der Waals surface area contributed by atoms with Crippen LogP contribution in [0.15, 0.2) is 28.6 Å². The van der Waals surface area contributed by atoms with E-state index in [9.17, 15) is 23.3 Å². The minimum atomic E-state index is -4.51. The number of alkyl halides is 3. The number of hydrogen-bond acceptors (Lipinski definition) is 7. The van der Waals surface area contributed by atoms with Gasteiger partial charge in [0, 0.05) is 6.20 Å². The van der Waals surface area contributed by atoms with Gasteiger partial charge in [-0.3, -0.25) is 15.1 Å². The molecule has 1 atom stereocenters. The summed E-state index contributed by atoms with van der Waals surface area (Å²) in [6, 6.07) is 0. The number of nitro groups is 1. The Kier molecular flexibility index (Phi) is 4.21. The van der Waals surface area contributed by atoms with Gasteiger partial charge in [0.2, 0.25) is 5.79 Å². The predicted molar refractivity (Wildman–Crippen MR) is 80.6 cm³/mol. The number of nitrogens with one attached hydrogen (secondary N) is 1. The highest BCUT2D eigenvalue weighted by molar-refractivity contribution is 8.47. The second kappa shape index (κ2) is 5.93. The van der Waals surface area contributed by atoms with E-state index in [1.165, 1.54) is 4.90 Å². The van der Waals surface area contributed by atoms with Crippen molar-refractivity contribution in [3.05, 3.63) is 33.7 Å². The van der Waals surface area contributed by atoms with Gasteiger partial charge in [-0.05, 0) is 5.41 Å². The van der Waals surface area contributed by atoms with Gasteiger partial charge in [0.1, 0.15) is 0 Å². The van der Waals surface area contributed by atoms with E-state index in [-0.39, 0.29) is 18.9 Å². The molecule has 0 aromatic heterocycles. The fourth-order valence-corrected chi connectivity index (χ4v) is 4.63. The van der Waals surface area contributed by atoms with E-state index in [4.69, 9.17) is 9.47 Å². The molecule has 1 N–H and O–H groups in total. The van der Waals surface area contributed by atoms with Crippen molar-refractivity contribution in [1.82, 2.24) is 10.2 Å². The highest BCUT2D eigenvalue weighted by Crippen LogP contribution is 2.63. The third kappa shape index (κ3) is 3.08. The van der Waals surface area contributed by atoms with E-state index in [2.05, 4.69) is 10.3 Å². The van der Waals surface area contributed by atoms with Crippen LogP contribution in [0.25, 0.3) is 0 Å². The van der Waals surface area contributed by atoms with Gasteiger partial charge >= 0.3 is 5.51 Å². The molecule has 0 amide bonds. The Balaban J connectivity index is 1.89. The van der Waals surface area contributed by atoms with Gasteiger partial charge in [0.15, 0.2) is 5.82 Å². The topological polar surface area (TPSA) is 89.2 Å². The van der Waals surface area contributed by atoms with Crippen molar-refractivity contribution in [3.63, 3.8) is 0 Å². The first-order chi connectivity index (χ1) is 11.3. The summed E-state index contributed by atoms with van der Waals surface area (Å²) in [6.07, 6.45) is 1.76. The van der Waals surface area contributed by atoms with Gasteiger partial charge in [-0.2, -0.15) is 13.2 Å². The number of ether oxygens (including phenoxy) is 2. The lowest BCUT2D eigenvalue weighted by Gasteiger charge is -2.45. The first-order valence-corrected chi connectivity index (χ1v) is 8.87. The molecule has 12 heteroatoms. The Morgan fingerprint density at radius 1 is 1.50 bits per heavy atom. The number of halogens is 3. The summed E-state index contributed by atoms with van der Waals surface area (Å²) in [5.74, 6) is -1.59. The van der Waals surface area contributed by atoms with Crippen molar-refractivity contribution >= 4 is 15.6 Å². The van der Waals surface area contributed by atoms with E-state index in [0.717, 1.165) is 17.2 Å². The Bertz CT molecular complexity index is 604.